The SMILES string of the molecule is CC(NC(=O)c1ccccc1)C(=O)N1CCN(Cc2nc3ccccc3s2)CC1. The highest BCUT2D eigenvalue weighted by molar-refractivity contribution is 7.18. The lowest BCUT2D eigenvalue weighted by Crippen LogP contribution is -2.53. The van der Waals surface area contributed by atoms with Crippen LogP contribution in [0.15, 0.2) is 54.6 Å². The highest BCUT2D eigenvalue weighted by Crippen LogP contribution is 2.23. The number of hydrogen-bond acceptors (Lipinski definition) is 5. The Balaban J connectivity index is 1.28. The van der Waals surface area contributed by atoms with E-state index in [4.69, 9.17) is 4.98 Å². The van der Waals surface area contributed by atoms with Crippen LogP contribution in [0.3, 0.4) is 0 Å². The summed E-state index contributed by atoms with van der Waals surface area (Å²) in [5.74, 6) is -0.255. The third kappa shape index (κ3) is 4.63. The molecule has 1 saturated heterocycles. The van der Waals surface area contributed by atoms with Gasteiger partial charge in [-0.25, -0.2) is 4.98 Å². The van der Waals surface area contributed by atoms with Crippen LogP contribution in [0.4, 0.5) is 0 Å². The molecule has 0 radical (unpaired) electrons. The number of fused-ring (bicyclic) bond motifs is 1. The minimum absolute atomic E-state index is 0.0334. The van der Waals surface area contributed by atoms with Gasteiger partial charge in [0.15, 0.2) is 0 Å². The Morgan fingerprint density at radius 2 is 1.72 bits per heavy atom. The number of nitrogens with zero attached hydrogens (tertiary/aromatic N) is 3. The van der Waals surface area contributed by atoms with Gasteiger partial charge in [0.2, 0.25) is 5.91 Å². The maximum atomic E-state index is 12.7. The average molecular weight is 409 g/mol. The maximum Gasteiger partial charge on any atom is 0.251 e. The van der Waals surface area contributed by atoms with Crippen LogP contribution in [0, 0.1) is 0 Å². The highest BCUT2D eigenvalue weighted by atomic mass is 32.1. The molecule has 0 aliphatic carbocycles. The second-order valence-electron chi connectivity index (χ2n) is 7.24. The first-order chi connectivity index (χ1) is 14.1. The number of carbonyl (C=O) groups excluding carboxylic acids is 2. The van der Waals surface area contributed by atoms with Crippen LogP contribution in [0.5, 0.6) is 0 Å². The molecule has 29 heavy (non-hydrogen) atoms. The van der Waals surface area contributed by atoms with E-state index in [-0.39, 0.29) is 11.8 Å². The predicted molar refractivity (Wildman–Crippen MR) is 115 cm³/mol. The number of para-hydroxylation sites is 1. The summed E-state index contributed by atoms with van der Waals surface area (Å²) in [4.78, 5) is 33.9. The Morgan fingerprint density at radius 3 is 2.45 bits per heavy atom. The monoisotopic (exact) mass is 408 g/mol. The van der Waals surface area contributed by atoms with Crippen LogP contribution in [0.1, 0.15) is 22.3 Å². The Kier molecular flexibility index (Phi) is 5.87. The molecule has 3 aromatic rings. The lowest BCUT2D eigenvalue weighted by atomic mass is 10.2. The van der Waals surface area contributed by atoms with E-state index in [2.05, 4.69) is 16.3 Å². The van der Waals surface area contributed by atoms with Gasteiger partial charge in [-0.05, 0) is 31.2 Å². The Labute approximate surface area is 174 Å². The molecule has 2 amide bonds. The second-order valence-corrected chi connectivity index (χ2v) is 8.35. The predicted octanol–water partition coefficient (Wildman–Crippen LogP) is 2.76. The number of benzene rings is 2. The van der Waals surface area contributed by atoms with Crippen molar-refractivity contribution >= 4 is 33.4 Å². The van der Waals surface area contributed by atoms with Gasteiger partial charge in [0.1, 0.15) is 11.0 Å². The molecule has 1 atom stereocenters. The zero-order chi connectivity index (χ0) is 20.2. The van der Waals surface area contributed by atoms with Gasteiger partial charge in [0.05, 0.1) is 16.8 Å². The molecule has 150 valence electrons. The Hall–Kier alpha value is -2.77. The minimum atomic E-state index is -0.543. The van der Waals surface area contributed by atoms with E-state index in [1.807, 2.05) is 41.3 Å². The van der Waals surface area contributed by atoms with Crippen molar-refractivity contribution in [3.05, 3.63) is 65.2 Å². The topological polar surface area (TPSA) is 65.5 Å². The lowest BCUT2D eigenvalue weighted by molar-refractivity contribution is -0.134. The van der Waals surface area contributed by atoms with Crippen LogP contribution in [0.2, 0.25) is 0 Å². The van der Waals surface area contributed by atoms with Crippen LogP contribution < -0.4 is 5.32 Å². The van der Waals surface area contributed by atoms with Crippen molar-refractivity contribution in [3.8, 4) is 0 Å². The molecule has 0 spiro atoms. The van der Waals surface area contributed by atoms with E-state index >= 15 is 0 Å². The van der Waals surface area contributed by atoms with Gasteiger partial charge in [0.25, 0.3) is 5.91 Å². The summed E-state index contributed by atoms with van der Waals surface area (Å²) in [6.45, 7) is 5.49. The van der Waals surface area contributed by atoms with E-state index in [0.29, 0.717) is 18.7 Å². The fraction of sp³-hybridized carbons (Fsp3) is 0.318. The van der Waals surface area contributed by atoms with Crippen LogP contribution in [0.25, 0.3) is 10.2 Å². The summed E-state index contributed by atoms with van der Waals surface area (Å²) >= 11 is 1.73. The average Bonchev–Trinajstić information content (AvgIpc) is 3.16. The summed E-state index contributed by atoms with van der Waals surface area (Å²) in [5.41, 5.74) is 1.61. The molecular formula is C22H24N4O2S. The zero-order valence-corrected chi connectivity index (χ0v) is 17.2. The number of rotatable bonds is 5. The first-order valence-electron chi connectivity index (χ1n) is 9.81. The van der Waals surface area contributed by atoms with Crippen molar-refractivity contribution in [1.29, 1.82) is 0 Å². The van der Waals surface area contributed by atoms with Gasteiger partial charge in [-0.2, -0.15) is 0 Å². The first kappa shape index (κ1) is 19.5. The summed E-state index contributed by atoms with van der Waals surface area (Å²) < 4.78 is 1.21. The van der Waals surface area contributed by atoms with E-state index in [1.54, 1.807) is 30.4 Å². The van der Waals surface area contributed by atoms with Gasteiger partial charge in [-0.3, -0.25) is 14.5 Å². The summed E-state index contributed by atoms with van der Waals surface area (Å²) in [6.07, 6.45) is 0. The Morgan fingerprint density at radius 1 is 1.03 bits per heavy atom. The van der Waals surface area contributed by atoms with E-state index in [0.717, 1.165) is 30.2 Å². The smallest absolute Gasteiger partial charge is 0.251 e. The molecule has 1 N–H and O–H groups in total. The second kappa shape index (κ2) is 8.71. The lowest BCUT2D eigenvalue weighted by Gasteiger charge is -2.35. The standard InChI is InChI=1S/C22H24N4O2S/c1-16(23-21(27)17-7-3-2-4-8-17)22(28)26-13-11-25(12-14-26)15-20-24-18-9-5-6-10-19(18)29-20/h2-10,16H,11-15H2,1H3,(H,23,27). The number of amides is 2. The van der Waals surface area contributed by atoms with Gasteiger partial charge >= 0.3 is 0 Å². The number of carbonyl (C=O) groups is 2. The van der Waals surface area contributed by atoms with E-state index in [9.17, 15) is 9.59 Å². The fourth-order valence-electron chi connectivity index (χ4n) is 3.51. The van der Waals surface area contributed by atoms with Crippen molar-refractivity contribution in [3.63, 3.8) is 0 Å². The quantitative estimate of drug-likeness (QED) is 0.705. The number of nitrogens with one attached hydrogen (secondary N) is 1. The fourth-order valence-corrected chi connectivity index (χ4v) is 4.52. The van der Waals surface area contributed by atoms with Crippen LogP contribution in [-0.2, 0) is 11.3 Å². The van der Waals surface area contributed by atoms with Crippen molar-refractivity contribution in [2.45, 2.75) is 19.5 Å². The summed E-state index contributed by atoms with van der Waals surface area (Å²) in [7, 11) is 0. The molecule has 1 aliphatic heterocycles. The zero-order valence-electron chi connectivity index (χ0n) is 16.4. The maximum absolute atomic E-state index is 12.7. The van der Waals surface area contributed by atoms with Crippen LogP contribution in [-0.4, -0.2) is 58.8 Å². The van der Waals surface area contributed by atoms with Gasteiger partial charge in [-0.1, -0.05) is 30.3 Å². The molecule has 2 heterocycles. The number of aromatic nitrogens is 1. The molecule has 6 nitrogen and oxygen atoms in total. The van der Waals surface area contributed by atoms with Crippen molar-refractivity contribution in [2.24, 2.45) is 0 Å². The highest BCUT2D eigenvalue weighted by Gasteiger charge is 2.26. The molecular weight excluding hydrogens is 384 g/mol. The van der Waals surface area contributed by atoms with Gasteiger partial charge in [0, 0.05) is 31.7 Å². The van der Waals surface area contributed by atoms with Crippen molar-refractivity contribution in [2.75, 3.05) is 26.2 Å². The minimum Gasteiger partial charge on any atom is -0.341 e. The molecule has 4 rings (SSSR count). The third-order valence-corrected chi connectivity index (χ3v) is 6.16. The molecule has 7 heteroatoms. The van der Waals surface area contributed by atoms with Gasteiger partial charge in [-0.15, -0.1) is 11.3 Å². The van der Waals surface area contributed by atoms with E-state index < -0.39 is 6.04 Å². The molecule has 2 aromatic carbocycles. The molecule has 1 aliphatic rings. The summed E-state index contributed by atoms with van der Waals surface area (Å²) in [6, 6.07) is 16.6. The summed E-state index contributed by atoms with van der Waals surface area (Å²) in [5, 5.41) is 3.91. The molecule has 1 fully saturated rings. The largest absolute Gasteiger partial charge is 0.341 e. The number of piperazine rings is 1. The van der Waals surface area contributed by atoms with Crippen molar-refractivity contribution in [1.82, 2.24) is 20.1 Å². The Bertz CT molecular complexity index is 963. The van der Waals surface area contributed by atoms with Crippen molar-refractivity contribution < 1.29 is 9.59 Å². The number of hydrogen-bond donors (Lipinski definition) is 1. The van der Waals surface area contributed by atoms with Gasteiger partial charge < -0.3 is 10.2 Å². The first-order valence-corrected chi connectivity index (χ1v) is 10.6. The van der Waals surface area contributed by atoms with E-state index in [1.165, 1.54) is 4.70 Å². The normalized spacial score (nSPS) is 16.0. The van der Waals surface area contributed by atoms with Crippen LogP contribution >= 0.6 is 11.3 Å². The molecule has 0 bridgehead atoms. The molecule has 0 saturated carbocycles. The molecule has 1 aromatic heterocycles. The molecule has 1 unspecified atom stereocenters. The number of thiazole rings is 1. The third-order valence-electron chi connectivity index (χ3n) is 5.14.